The Balaban J connectivity index is 0. The molecule has 0 atom stereocenters. The SMILES string of the molecule is CC(C)(C)[Si](C)(C)O[Si](C)(C)C(C)(C)C.OCCC#CCCO. The van der Waals surface area contributed by atoms with Gasteiger partial charge in [0.1, 0.15) is 0 Å². The smallest absolute Gasteiger partial charge is 0.178 e. The van der Waals surface area contributed by atoms with Crippen LogP contribution in [-0.4, -0.2) is 40.1 Å². The third kappa shape index (κ3) is 10.4. The molecule has 0 fully saturated rings. The molecule has 0 rings (SSSR count). The van der Waals surface area contributed by atoms with Gasteiger partial charge in [0.25, 0.3) is 0 Å². The van der Waals surface area contributed by atoms with E-state index in [9.17, 15) is 0 Å². The molecule has 0 amide bonds. The van der Waals surface area contributed by atoms with E-state index >= 15 is 0 Å². The normalized spacial score (nSPS) is 12.9. The number of rotatable bonds is 4. The molecule has 0 aromatic rings. The molecule has 0 aliphatic carbocycles. The lowest BCUT2D eigenvalue weighted by atomic mass is 10.2. The van der Waals surface area contributed by atoms with Crippen molar-refractivity contribution in [1.29, 1.82) is 0 Å². The first kappa shape index (κ1) is 25.1. The van der Waals surface area contributed by atoms with E-state index in [1.165, 1.54) is 0 Å². The van der Waals surface area contributed by atoms with Crippen molar-refractivity contribution in [3.05, 3.63) is 0 Å². The van der Waals surface area contributed by atoms with Crippen molar-refractivity contribution in [3.8, 4) is 11.8 Å². The van der Waals surface area contributed by atoms with E-state index in [-0.39, 0.29) is 13.2 Å². The summed E-state index contributed by atoms with van der Waals surface area (Å²) in [6.45, 7) is 23.5. The second-order valence-corrected chi connectivity index (χ2v) is 18.8. The summed E-state index contributed by atoms with van der Waals surface area (Å²) in [5, 5.41) is 17.0. The lowest BCUT2D eigenvalue weighted by molar-refractivity contribution is 0.302. The molecule has 0 radical (unpaired) electrons. The average Bonchev–Trinajstić information content (AvgIpc) is 2.31. The van der Waals surface area contributed by atoms with Gasteiger partial charge in [-0.2, -0.15) is 0 Å². The Hall–Kier alpha value is -0.126. The Morgan fingerprint density at radius 2 is 0.957 bits per heavy atom. The van der Waals surface area contributed by atoms with Crippen LogP contribution in [0.25, 0.3) is 0 Å². The molecule has 138 valence electrons. The quantitative estimate of drug-likeness (QED) is 0.561. The average molecular weight is 361 g/mol. The summed E-state index contributed by atoms with van der Waals surface area (Å²) in [7, 11) is -3.18. The third-order valence-electron chi connectivity index (χ3n) is 4.72. The van der Waals surface area contributed by atoms with E-state index in [0.29, 0.717) is 22.9 Å². The summed E-state index contributed by atoms with van der Waals surface area (Å²) in [6, 6.07) is 0. The lowest BCUT2D eigenvalue weighted by Crippen LogP contribution is -2.53. The fraction of sp³-hybridized carbons (Fsp3) is 0.889. The molecule has 23 heavy (non-hydrogen) atoms. The summed E-state index contributed by atoms with van der Waals surface area (Å²) in [4.78, 5) is 0. The van der Waals surface area contributed by atoms with E-state index in [0.717, 1.165) is 0 Å². The van der Waals surface area contributed by atoms with Gasteiger partial charge in [0.05, 0.1) is 13.2 Å². The van der Waals surface area contributed by atoms with Gasteiger partial charge in [-0.25, -0.2) is 0 Å². The van der Waals surface area contributed by atoms with Crippen molar-refractivity contribution in [2.24, 2.45) is 0 Å². The highest BCUT2D eigenvalue weighted by atomic mass is 28.4. The molecule has 0 saturated heterocycles. The molecule has 0 aromatic heterocycles. The fourth-order valence-electron chi connectivity index (χ4n) is 1.23. The molecule has 0 aliphatic rings. The van der Waals surface area contributed by atoms with Gasteiger partial charge in [-0.1, -0.05) is 41.5 Å². The van der Waals surface area contributed by atoms with Crippen molar-refractivity contribution in [1.82, 2.24) is 0 Å². The molecule has 0 spiro atoms. The molecule has 0 bridgehead atoms. The highest BCUT2D eigenvalue weighted by molar-refractivity contribution is 6.87. The van der Waals surface area contributed by atoms with E-state index in [2.05, 4.69) is 79.6 Å². The predicted octanol–water partition coefficient (Wildman–Crippen LogP) is 4.77. The minimum Gasteiger partial charge on any atom is -0.455 e. The van der Waals surface area contributed by atoms with E-state index in [1.807, 2.05) is 0 Å². The topological polar surface area (TPSA) is 49.7 Å². The first-order valence-corrected chi connectivity index (χ1v) is 14.3. The van der Waals surface area contributed by atoms with Gasteiger partial charge in [-0.15, -0.1) is 11.8 Å². The maximum Gasteiger partial charge on any atom is 0.178 e. The van der Waals surface area contributed by atoms with Crippen LogP contribution in [0.2, 0.25) is 36.3 Å². The van der Waals surface area contributed by atoms with Crippen molar-refractivity contribution in [3.63, 3.8) is 0 Å². The predicted molar refractivity (Wildman–Crippen MR) is 107 cm³/mol. The van der Waals surface area contributed by atoms with Gasteiger partial charge < -0.3 is 14.3 Å². The van der Waals surface area contributed by atoms with Crippen LogP contribution in [0, 0.1) is 11.8 Å². The fourth-order valence-corrected chi connectivity index (χ4v) is 8.79. The lowest BCUT2D eigenvalue weighted by Gasteiger charge is -2.47. The molecule has 0 unspecified atom stereocenters. The second kappa shape index (κ2) is 10.00. The standard InChI is InChI=1S/C12H30OSi2.C6H10O2/c1-11(2,3)14(7,8)13-15(9,10)12(4,5)6;7-5-3-1-2-4-6-8/h1-10H3;7-8H,3-6H2. The van der Waals surface area contributed by atoms with Gasteiger partial charge in [-0.05, 0) is 36.3 Å². The van der Waals surface area contributed by atoms with Gasteiger partial charge in [0.15, 0.2) is 16.6 Å². The Morgan fingerprint density at radius 1 is 0.696 bits per heavy atom. The molecule has 3 nitrogen and oxygen atoms in total. The summed E-state index contributed by atoms with van der Waals surface area (Å²) < 4.78 is 6.63. The van der Waals surface area contributed by atoms with E-state index in [1.54, 1.807) is 0 Å². The van der Waals surface area contributed by atoms with Crippen LogP contribution in [0.3, 0.4) is 0 Å². The zero-order valence-corrected chi connectivity index (χ0v) is 19.1. The summed E-state index contributed by atoms with van der Waals surface area (Å²) in [5.41, 5.74) is 0. The summed E-state index contributed by atoms with van der Waals surface area (Å²) in [6.07, 6.45) is 1.03. The van der Waals surface area contributed by atoms with Crippen LogP contribution < -0.4 is 0 Å². The van der Waals surface area contributed by atoms with Gasteiger partial charge in [-0.3, -0.25) is 0 Å². The van der Waals surface area contributed by atoms with Crippen LogP contribution in [0.5, 0.6) is 0 Å². The zero-order valence-electron chi connectivity index (χ0n) is 17.1. The maximum atomic E-state index is 8.20. The Morgan fingerprint density at radius 3 is 1.13 bits per heavy atom. The maximum absolute atomic E-state index is 8.20. The van der Waals surface area contributed by atoms with Crippen LogP contribution in [0.15, 0.2) is 0 Å². The Kier molecular flexibility index (Phi) is 10.9. The number of aliphatic hydroxyl groups is 2. The minimum absolute atomic E-state index is 0.110. The highest BCUT2D eigenvalue weighted by Gasteiger charge is 2.46. The highest BCUT2D eigenvalue weighted by Crippen LogP contribution is 2.44. The van der Waals surface area contributed by atoms with E-state index in [4.69, 9.17) is 14.3 Å². The van der Waals surface area contributed by atoms with Gasteiger partial charge in [0, 0.05) is 12.8 Å². The third-order valence-corrected chi connectivity index (χ3v) is 16.0. The monoisotopic (exact) mass is 360 g/mol. The van der Waals surface area contributed by atoms with Gasteiger partial charge >= 0.3 is 0 Å². The molecule has 5 heteroatoms. The van der Waals surface area contributed by atoms with Crippen LogP contribution in [0.4, 0.5) is 0 Å². The first-order valence-electron chi connectivity index (χ1n) is 8.50. The number of hydrogen-bond donors (Lipinski definition) is 2. The van der Waals surface area contributed by atoms with Gasteiger partial charge in [0.2, 0.25) is 0 Å². The molecule has 0 saturated carbocycles. The number of hydrogen-bond acceptors (Lipinski definition) is 3. The van der Waals surface area contributed by atoms with Crippen LogP contribution in [-0.2, 0) is 4.12 Å². The van der Waals surface area contributed by atoms with E-state index < -0.39 is 16.6 Å². The summed E-state index contributed by atoms with van der Waals surface area (Å²) >= 11 is 0. The van der Waals surface area contributed by atoms with Crippen molar-refractivity contribution in [2.45, 2.75) is 90.6 Å². The Bertz CT molecular complexity index is 346. The minimum atomic E-state index is -1.59. The second-order valence-electron chi connectivity index (χ2n) is 8.92. The Labute approximate surface area is 147 Å². The molecular formula is C18H40O3Si2. The van der Waals surface area contributed by atoms with Crippen LogP contribution >= 0.6 is 0 Å². The van der Waals surface area contributed by atoms with Crippen LogP contribution in [0.1, 0.15) is 54.4 Å². The molecule has 0 aromatic carbocycles. The largest absolute Gasteiger partial charge is 0.455 e. The molecule has 0 heterocycles. The van der Waals surface area contributed by atoms with Crippen molar-refractivity contribution < 1.29 is 14.3 Å². The number of aliphatic hydroxyl groups excluding tert-OH is 2. The molecule has 2 N–H and O–H groups in total. The first-order chi connectivity index (χ1) is 10.1. The molecule has 0 aliphatic heterocycles. The zero-order chi connectivity index (χ0) is 18.9. The van der Waals surface area contributed by atoms with Crippen molar-refractivity contribution in [2.75, 3.05) is 13.2 Å². The van der Waals surface area contributed by atoms with Crippen molar-refractivity contribution >= 4 is 16.6 Å². The summed E-state index contributed by atoms with van der Waals surface area (Å²) in [5.74, 6) is 5.35. The molecular weight excluding hydrogens is 320 g/mol.